The molecule has 0 saturated heterocycles. The van der Waals surface area contributed by atoms with Crippen LogP contribution in [0.1, 0.15) is 5.56 Å². The SMILES string of the molecule is Cc1c(Cl)cccc1NC(=O)CSc1nnc(-c2ccc(Cl)cc2Cl)n1N. The minimum Gasteiger partial charge on any atom is -0.335 e. The second-order valence-corrected chi connectivity index (χ2v) is 7.74. The van der Waals surface area contributed by atoms with Gasteiger partial charge < -0.3 is 11.2 Å². The molecule has 0 aliphatic carbocycles. The van der Waals surface area contributed by atoms with Gasteiger partial charge >= 0.3 is 0 Å². The maximum absolute atomic E-state index is 12.2. The number of anilines is 1. The van der Waals surface area contributed by atoms with Gasteiger partial charge in [0.05, 0.1) is 10.8 Å². The van der Waals surface area contributed by atoms with Gasteiger partial charge in [0.1, 0.15) is 0 Å². The van der Waals surface area contributed by atoms with Crippen LogP contribution in [0.5, 0.6) is 0 Å². The van der Waals surface area contributed by atoms with Crippen LogP contribution in [0.2, 0.25) is 15.1 Å². The molecule has 3 N–H and O–H groups in total. The largest absolute Gasteiger partial charge is 0.335 e. The summed E-state index contributed by atoms with van der Waals surface area (Å²) >= 11 is 19.3. The van der Waals surface area contributed by atoms with Gasteiger partial charge in [-0.3, -0.25) is 4.79 Å². The Morgan fingerprint density at radius 1 is 1.19 bits per heavy atom. The second-order valence-electron chi connectivity index (χ2n) is 5.55. The molecular weight excluding hydrogens is 429 g/mol. The summed E-state index contributed by atoms with van der Waals surface area (Å²) in [5, 5.41) is 12.8. The first kappa shape index (κ1) is 19.8. The summed E-state index contributed by atoms with van der Waals surface area (Å²) in [4.78, 5) is 12.2. The third-order valence-corrected chi connectivity index (χ3v) is 5.61. The quantitative estimate of drug-likeness (QED) is 0.443. The first-order valence-electron chi connectivity index (χ1n) is 7.70. The van der Waals surface area contributed by atoms with Crippen molar-refractivity contribution < 1.29 is 4.79 Å². The van der Waals surface area contributed by atoms with E-state index in [0.717, 1.165) is 17.3 Å². The molecule has 0 aliphatic heterocycles. The predicted molar refractivity (Wildman–Crippen MR) is 111 cm³/mol. The highest BCUT2D eigenvalue weighted by Crippen LogP contribution is 2.30. The monoisotopic (exact) mass is 441 g/mol. The first-order valence-corrected chi connectivity index (χ1v) is 9.82. The van der Waals surface area contributed by atoms with Gasteiger partial charge in [-0.1, -0.05) is 52.6 Å². The highest BCUT2D eigenvalue weighted by Gasteiger charge is 2.16. The number of hydrogen-bond acceptors (Lipinski definition) is 5. The van der Waals surface area contributed by atoms with Crippen molar-refractivity contribution in [2.24, 2.45) is 0 Å². The van der Waals surface area contributed by atoms with Crippen LogP contribution >= 0.6 is 46.6 Å². The van der Waals surface area contributed by atoms with Crippen LogP contribution in [0, 0.1) is 6.92 Å². The van der Waals surface area contributed by atoms with E-state index in [4.69, 9.17) is 40.6 Å². The van der Waals surface area contributed by atoms with E-state index < -0.39 is 0 Å². The van der Waals surface area contributed by atoms with Crippen molar-refractivity contribution in [3.05, 3.63) is 57.0 Å². The normalized spacial score (nSPS) is 10.8. The molecule has 27 heavy (non-hydrogen) atoms. The molecule has 0 fully saturated rings. The number of halogens is 3. The molecule has 0 bridgehead atoms. The molecule has 3 aromatic rings. The van der Waals surface area contributed by atoms with Gasteiger partial charge in [0.2, 0.25) is 11.1 Å². The van der Waals surface area contributed by atoms with E-state index in [0.29, 0.717) is 37.3 Å². The fourth-order valence-corrected chi connectivity index (χ4v) is 3.61. The third kappa shape index (κ3) is 4.50. The van der Waals surface area contributed by atoms with Crippen molar-refractivity contribution in [3.8, 4) is 11.4 Å². The molecular formula is C17H14Cl3N5OS. The van der Waals surface area contributed by atoms with Crippen molar-refractivity contribution in [3.63, 3.8) is 0 Å². The van der Waals surface area contributed by atoms with E-state index in [1.807, 2.05) is 6.92 Å². The molecule has 2 aromatic carbocycles. The number of amides is 1. The molecule has 3 rings (SSSR count). The zero-order valence-electron chi connectivity index (χ0n) is 14.0. The number of nitrogens with two attached hydrogens (primary N) is 1. The highest BCUT2D eigenvalue weighted by atomic mass is 35.5. The lowest BCUT2D eigenvalue weighted by Crippen LogP contribution is -2.17. The maximum atomic E-state index is 12.2. The Morgan fingerprint density at radius 3 is 2.70 bits per heavy atom. The molecule has 0 aliphatic rings. The van der Waals surface area contributed by atoms with Gasteiger partial charge in [-0.25, -0.2) is 4.68 Å². The van der Waals surface area contributed by atoms with E-state index >= 15 is 0 Å². The minimum absolute atomic E-state index is 0.107. The lowest BCUT2D eigenvalue weighted by atomic mass is 10.2. The van der Waals surface area contributed by atoms with Crippen LogP contribution in [-0.2, 0) is 4.79 Å². The Kier molecular flexibility index (Phi) is 6.16. The van der Waals surface area contributed by atoms with Gasteiger partial charge in [-0.15, -0.1) is 10.2 Å². The zero-order chi connectivity index (χ0) is 19.6. The summed E-state index contributed by atoms with van der Waals surface area (Å²) < 4.78 is 1.29. The van der Waals surface area contributed by atoms with E-state index in [2.05, 4.69) is 15.5 Å². The highest BCUT2D eigenvalue weighted by molar-refractivity contribution is 7.99. The lowest BCUT2D eigenvalue weighted by Gasteiger charge is -2.09. The van der Waals surface area contributed by atoms with Crippen LogP contribution in [0.25, 0.3) is 11.4 Å². The van der Waals surface area contributed by atoms with Gasteiger partial charge in [0.15, 0.2) is 5.82 Å². The average molecular weight is 443 g/mol. The van der Waals surface area contributed by atoms with Crippen molar-refractivity contribution in [2.45, 2.75) is 12.1 Å². The minimum atomic E-state index is -0.209. The molecule has 6 nitrogen and oxygen atoms in total. The number of rotatable bonds is 5. The average Bonchev–Trinajstić information content (AvgIpc) is 2.98. The summed E-state index contributed by atoms with van der Waals surface area (Å²) in [5.41, 5.74) is 2.07. The Labute approximate surface area is 175 Å². The van der Waals surface area contributed by atoms with Crippen molar-refractivity contribution in [1.82, 2.24) is 14.9 Å². The molecule has 0 atom stereocenters. The fraction of sp³-hybridized carbons (Fsp3) is 0.118. The third-order valence-electron chi connectivity index (χ3n) is 3.71. The van der Waals surface area contributed by atoms with Crippen LogP contribution in [0.3, 0.4) is 0 Å². The molecule has 0 radical (unpaired) electrons. The molecule has 1 aromatic heterocycles. The molecule has 0 spiro atoms. The standard InChI is InChI=1S/C17H14Cl3N5OS/c1-9-12(19)3-2-4-14(9)22-15(26)8-27-17-24-23-16(25(17)21)11-6-5-10(18)7-13(11)20/h2-7H,8,21H2,1H3,(H,22,26). The summed E-state index contributed by atoms with van der Waals surface area (Å²) in [6.07, 6.45) is 0. The number of hydrogen-bond donors (Lipinski definition) is 2. The Bertz CT molecular complexity index is 1010. The second kappa shape index (κ2) is 8.39. The summed E-state index contributed by atoms with van der Waals surface area (Å²) in [7, 11) is 0. The number of nitrogen functional groups attached to an aromatic ring is 1. The molecule has 1 amide bonds. The van der Waals surface area contributed by atoms with Crippen LogP contribution in [0.15, 0.2) is 41.6 Å². The molecule has 1 heterocycles. The number of aromatic nitrogens is 3. The van der Waals surface area contributed by atoms with Crippen molar-refractivity contribution >= 4 is 58.2 Å². The fourth-order valence-electron chi connectivity index (χ4n) is 2.29. The number of nitrogens with zero attached hydrogens (tertiary/aromatic N) is 3. The number of carbonyl (C=O) groups excluding carboxylic acids is 1. The topological polar surface area (TPSA) is 85.8 Å². The summed E-state index contributed by atoms with van der Waals surface area (Å²) in [6.45, 7) is 1.84. The van der Waals surface area contributed by atoms with E-state index in [-0.39, 0.29) is 11.7 Å². The van der Waals surface area contributed by atoms with E-state index in [1.165, 1.54) is 4.68 Å². The maximum Gasteiger partial charge on any atom is 0.234 e. The number of thioether (sulfide) groups is 1. The van der Waals surface area contributed by atoms with Crippen LogP contribution in [-0.4, -0.2) is 26.5 Å². The summed E-state index contributed by atoms with van der Waals surface area (Å²) in [6, 6.07) is 10.3. The Balaban J connectivity index is 1.69. The van der Waals surface area contributed by atoms with Gasteiger partial charge in [-0.2, -0.15) is 0 Å². The number of benzene rings is 2. The molecule has 10 heteroatoms. The Hall–Kier alpha value is -1.93. The number of nitrogens with one attached hydrogen (secondary N) is 1. The summed E-state index contributed by atoms with van der Waals surface area (Å²) in [5.74, 6) is 6.33. The van der Waals surface area contributed by atoms with Gasteiger partial charge in [0, 0.05) is 21.3 Å². The smallest absolute Gasteiger partial charge is 0.234 e. The predicted octanol–water partition coefficient (Wildman–Crippen LogP) is 4.66. The lowest BCUT2D eigenvalue weighted by molar-refractivity contribution is -0.113. The van der Waals surface area contributed by atoms with Crippen molar-refractivity contribution in [1.29, 1.82) is 0 Å². The molecule has 0 saturated carbocycles. The Morgan fingerprint density at radius 2 is 1.96 bits per heavy atom. The van der Waals surface area contributed by atoms with Gasteiger partial charge in [0.25, 0.3) is 0 Å². The van der Waals surface area contributed by atoms with E-state index in [9.17, 15) is 4.79 Å². The molecule has 0 unspecified atom stereocenters. The molecule has 140 valence electrons. The van der Waals surface area contributed by atoms with Crippen LogP contribution in [0.4, 0.5) is 5.69 Å². The zero-order valence-corrected chi connectivity index (χ0v) is 17.1. The number of carbonyl (C=O) groups is 1. The first-order chi connectivity index (χ1) is 12.9. The van der Waals surface area contributed by atoms with Crippen LogP contribution < -0.4 is 11.2 Å². The van der Waals surface area contributed by atoms with Gasteiger partial charge in [-0.05, 0) is 42.8 Å². The van der Waals surface area contributed by atoms with E-state index in [1.54, 1.807) is 36.4 Å². The van der Waals surface area contributed by atoms with Crippen molar-refractivity contribution in [2.75, 3.05) is 16.9 Å².